The summed E-state index contributed by atoms with van der Waals surface area (Å²) in [4.78, 5) is 46.5. The lowest BCUT2D eigenvalue weighted by molar-refractivity contribution is 0.0732. The second-order valence-electron chi connectivity index (χ2n) is 13.0. The van der Waals surface area contributed by atoms with Crippen LogP contribution in [0.2, 0.25) is 5.02 Å². The van der Waals surface area contributed by atoms with Gasteiger partial charge in [-0.2, -0.15) is 12.7 Å². The Labute approximate surface area is 290 Å². The molecule has 0 saturated carbocycles. The molecule has 0 radical (unpaired) electrons. The third-order valence-corrected chi connectivity index (χ3v) is 11.7. The first-order valence-electron chi connectivity index (χ1n) is 16.4. The number of hydrogen-bond acceptors (Lipinski definition) is 10. The van der Waals surface area contributed by atoms with Crippen LogP contribution in [0.4, 0.5) is 5.69 Å². The molecule has 0 unspecified atom stereocenters. The predicted molar refractivity (Wildman–Crippen MR) is 186 cm³/mol. The molecule has 4 heterocycles. The second kappa shape index (κ2) is 13.9. The van der Waals surface area contributed by atoms with Crippen LogP contribution < -0.4 is 20.0 Å². The van der Waals surface area contributed by atoms with E-state index in [1.165, 1.54) is 28.4 Å². The largest absolute Gasteiger partial charge is 0.496 e. The van der Waals surface area contributed by atoms with Crippen molar-refractivity contribution in [1.29, 1.82) is 0 Å². The molecule has 2 saturated heterocycles. The molecule has 13 nitrogen and oxygen atoms in total. The van der Waals surface area contributed by atoms with Crippen LogP contribution in [-0.2, 0) is 27.9 Å². The van der Waals surface area contributed by atoms with Gasteiger partial charge in [0.1, 0.15) is 11.3 Å². The normalized spacial score (nSPS) is 18.9. The molecule has 0 spiro atoms. The molecule has 15 heteroatoms. The van der Waals surface area contributed by atoms with Gasteiger partial charge < -0.3 is 23.7 Å². The van der Waals surface area contributed by atoms with Crippen molar-refractivity contribution in [3.8, 4) is 5.75 Å². The zero-order valence-electron chi connectivity index (χ0n) is 28.4. The van der Waals surface area contributed by atoms with Crippen LogP contribution in [0.3, 0.4) is 0 Å². The third kappa shape index (κ3) is 6.64. The van der Waals surface area contributed by atoms with Crippen molar-refractivity contribution in [2.75, 3.05) is 72.0 Å². The van der Waals surface area contributed by atoms with E-state index in [1.807, 2.05) is 13.8 Å². The van der Waals surface area contributed by atoms with Crippen LogP contribution in [0.1, 0.15) is 55.8 Å². The average Bonchev–Trinajstić information content (AvgIpc) is 3.63. The van der Waals surface area contributed by atoms with Crippen molar-refractivity contribution in [2.45, 2.75) is 45.7 Å². The molecule has 2 amide bonds. The molecule has 264 valence electrons. The molecule has 0 aliphatic carbocycles. The Hall–Kier alpha value is -3.69. The minimum atomic E-state index is -4.04. The number of benzene rings is 2. The van der Waals surface area contributed by atoms with Crippen molar-refractivity contribution in [3.05, 3.63) is 67.0 Å². The summed E-state index contributed by atoms with van der Waals surface area (Å²) in [7, 11) is 1.08. The molecule has 0 bridgehead atoms. The quantitative estimate of drug-likeness (QED) is 0.346. The fourth-order valence-electron chi connectivity index (χ4n) is 7.19. The van der Waals surface area contributed by atoms with Gasteiger partial charge in [-0.15, -0.1) is 0 Å². The molecule has 6 rings (SSSR count). The second-order valence-corrected chi connectivity index (χ2v) is 15.1. The van der Waals surface area contributed by atoms with Gasteiger partial charge in [-0.3, -0.25) is 14.5 Å². The maximum Gasteiger partial charge on any atom is 0.341 e. The molecule has 1 aromatic heterocycles. The first kappa shape index (κ1) is 35.1. The molecule has 2 aromatic carbocycles. The summed E-state index contributed by atoms with van der Waals surface area (Å²) in [5.74, 6) is -1.40. The van der Waals surface area contributed by atoms with E-state index in [1.54, 1.807) is 7.11 Å². The van der Waals surface area contributed by atoms with E-state index in [4.69, 9.17) is 25.5 Å². The molecule has 49 heavy (non-hydrogen) atoms. The number of aryl methyl sites for hydroxylation is 2. The van der Waals surface area contributed by atoms with Crippen LogP contribution in [0.15, 0.2) is 27.4 Å². The number of amides is 2. The number of rotatable bonds is 8. The molecular weight excluding hydrogens is 674 g/mol. The Bertz CT molecular complexity index is 1980. The Balaban J connectivity index is 1.26. The van der Waals surface area contributed by atoms with Crippen molar-refractivity contribution < 1.29 is 31.9 Å². The number of anilines is 1. The maximum absolute atomic E-state index is 13.8. The van der Waals surface area contributed by atoms with Gasteiger partial charge in [0.25, 0.3) is 11.8 Å². The number of fused-ring (bicyclic) bond motifs is 3. The number of methoxy groups -OCH3 is 2. The highest BCUT2D eigenvalue weighted by atomic mass is 35.5. The van der Waals surface area contributed by atoms with Crippen LogP contribution in [0.5, 0.6) is 5.75 Å². The lowest BCUT2D eigenvalue weighted by Gasteiger charge is -2.41. The number of halogens is 1. The number of likely N-dealkylation sites (N-methyl/N-ethyl adjacent to an activating group) is 1. The van der Waals surface area contributed by atoms with Gasteiger partial charge in [-0.05, 0) is 69.5 Å². The monoisotopic (exact) mass is 715 g/mol. The molecule has 3 aliphatic rings. The Morgan fingerprint density at radius 2 is 1.76 bits per heavy atom. The van der Waals surface area contributed by atoms with Crippen molar-refractivity contribution in [3.63, 3.8) is 0 Å². The lowest BCUT2D eigenvalue weighted by Crippen LogP contribution is -2.53. The zero-order chi connectivity index (χ0) is 35.2. The van der Waals surface area contributed by atoms with E-state index in [0.29, 0.717) is 56.7 Å². The van der Waals surface area contributed by atoms with Crippen molar-refractivity contribution >= 4 is 50.3 Å². The summed E-state index contributed by atoms with van der Waals surface area (Å²) in [5.41, 5.74) is 4.20. The lowest BCUT2D eigenvalue weighted by atomic mass is 9.92. The zero-order valence-corrected chi connectivity index (χ0v) is 30.0. The highest BCUT2D eigenvalue weighted by Crippen LogP contribution is 2.37. The summed E-state index contributed by atoms with van der Waals surface area (Å²) in [6, 6.07) is 4.95. The summed E-state index contributed by atoms with van der Waals surface area (Å²) < 4.78 is 45.5. The minimum Gasteiger partial charge on any atom is -0.496 e. The van der Waals surface area contributed by atoms with Crippen LogP contribution in [0, 0.1) is 13.8 Å². The summed E-state index contributed by atoms with van der Waals surface area (Å²) in [5, 5.41) is 0.839. The van der Waals surface area contributed by atoms with Gasteiger partial charge in [0.05, 0.1) is 48.0 Å². The average molecular weight is 716 g/mol. The molecule has 1 N–H and O–H groups in total. The molecular formula is C34H42ClN5O8S. The smallest absolute Gasteiger partial charge is 0.341 e. The maximum atomic E-state index is 13.8. The number of ether oxygens (including phenoxy) is 2. The number of hydrogen-bond donors (Lipinski definition) is 1. The van der Waals surface area contributed by atoms with Gasteiger partial charge in [0.15, 0.2) is 0 Å². The number of nitrogens with zero attached hydrogens (tertiary/aromatic N) is 4. The highest BCUT2D eigenvalue weighted by molar-refractivity contribution is 7.87. The Morgan fingerprint density at radius 3 is 2.45 bits per heavy atom. The SMILES string of the molecule is COC[C@H]1CN(c2cc(C)c3c4c(c(=O)oc3c2C)CN(C(=O)c2cc(OC)c(C(=O)NS(=O)(=O)N3CCCC3)cc2Cl)CC4)CCN1C. The predicted octanol–water partition coefficient (Wildman–Crippen LogP) is 3.11. The molecule has 3 aromatic rings. The number of carbonyl (C=O) groups is 2. The van der Waals surface area contributed by atoms with Crippen LogP contribution in [-0.4, -0.2) is 108 Å². The fourth-order valence-corrected chi connectivity index (χ4v) is 8.65. The highest BCUT2D eigenvalue weighted by Gasteiger charge is 2.33. The van der Waals surface area contributed by atoms with Crippen molar-refractivity contribution in [1.82, 2.24) is 18.8 Å². The van der Waals surface area contributed by atoms with Gasteiger partial charge in [-0.25, -0.2) is 9.52 Å². The van der Waals surface area contributed by atoms with E-state index in [-0.39, 0.29) is 34.5 Å². The van der Waals surface area contributed by atoms with Gasteiger partial charge in [0.2, 0.25) is 0 Å². The van der Waals surface area contributed by atoms with Crippen LogP contribution >= 0.6 is 11.6 Å². The van der Waals surface area contributed by atoms with Gasteiger partial charge in [0, 0.05) is 63.0 Å². The number of carbonyl (C=O) groups excluding carboxylic acids is 2. The number of nitrogens with one attached hydrogen (secondary N) is 1. The standard InChI is InChI=1S/C34H42ClN5O8S/c1-20-14-28(38-13-12-37(3)22(17-38)19-46-4)21(2)31-30(20)23-8-11-39(18-26(23)34(43)48-31)33(42)24-16-29(47-5)25(15-27(24)35)32(41)36-49(44,45)40-9-6-7-10-40/h14-16,22H,6-13,17-19H2,1-5H3,(H,36,41)/t22-/m1/s1. The first-order valence-corrected chi connectivity index (χ1v) is 18.2. The molecule has 2 fully saturated rings. The van der Waals surface area contributed by atoms with E-state index in [2.05, 4.69) is 27.6 Å². The van der Waals surface area contributed by atoms with Crippen LogP contribution in [0.25, 0.3) is 11.0 Å². The summed E-state index contributed by atoms with van der Waals surface area (Å²) >= 11 is 6.54. The topological polar surface area (TPSA) is 142 Å². The molecule has 1 atom stereocenters. The van der Waals surface area contributed by atoms with Crippen molar-refractivity contribution in [2.24, 2.45) is 0 Å². The van der Waals surface area contributed by atoms with Gasteiger partial charge in [-0.1, -0.05) is 11.6 Å². The minimum absolute atomic E-state index is 0.0127. The first-order chi connectivity index (χ1) is 23.3. The van der Waals surface area contributed by atoms with E-state index < -0.39 is 27.6 Å². The molecule has 3 aliphatic heterocycles. The van der Waals surface area contributed by atoms with E-state index >= 15 is 0 Å². The third-order valence-electron chi connectivity index (χ3n) is 9.94. The number of piperazine rings is 1. The van der Waals surface area contributed by atoms with E-state index in [9.17, 15) is 22.8 Å². The van der Waals surface area contributed by atoms with Gasteiger partial charge >= 0.3 is 15.8 Å². The summed E-state index contributed by atoms with van der Waals surface area (Å²) in [6.07, 6.45) is 1.86. The summed E-state index contributed by atoms with van der Waals surface area (Å²) in [6.45, 7) is 8.12. The van der Waals surface area contributed by atoms with E-state index in [0.717, 1.165) is 47.4 Å². The Morgan fingerprint density at radius 1 is 1.02 bits per heavy atom. The fraction of sp³-hybridized carbons (Fsp3) is 0.500. The Kier molecular flexibility index (Phi) is 9.97.